The van der Waals surface area contributed by atoms with E-state index < -0.39 is 0 Å². The number of rotatable bonds is 4. The zero-order valence-corrected chi connectivity index (χ0v) is 14.9. The fourth-order valence-corrected chi connectivity index (χ4v) is 3.54. The molecule has 1 atom stereocenters. The SMILES string of the molecule is O=C(NC[C@H]1CCCN(C(=O)c2ccnnc2)C1)c1cc2ccccc2[nH]1. The highest BCUT2D eigenvalue weighted by Crippen LogP contribution is 2.19. The van der Waals surface area contributed by atoms with Gasteiger partial charge in [-0.15, -0.1) is 0 Å². The Balaban J connectivity index is 1.35. The van der Waals surface area contributed by atoms with Crippen molar-refractivity contribution in [2.24, 2.45) is 5.92 Å². The minimum Gasteiger partial charge on any atom is -0.351 e. The van der Waals surface area contributed by atoms with Gasteiger partial charge in [0, 0.05) is 30.5 Å². The summed E-state index contributed by atoms with van der Waals surface area (Å²) in [6, 6.07) is 11.3. The number of aromatic amines is 1. The summed E-state index contributed by atoms with van der Waals surface area (Å²) in [6.45, 7) is 1.91. The van der Waals surface area contributed by atoms with Crippen molar-refractivity contribution in [3.63, 3.8) is 0 Å². The van der Waals surface area contributed by atoms with Crippen LogP contribution in [0.25, 0.3) is 10.9 Å². The van der Waals surface area contributed by atoms with Crippen LogP contribution in [0.1, 0.15) is 33.7 Å². The number of carbonyl (C=O) groups excluding carboxylic acids is 2. The Labute approximate surface area is 156 Å². The van der Waals surface area contributed by atoms with Gasteiger partial charge in [0.25, 0.3) is 11.8 Å². The maximum atomic E-state index is 12.6. The Bertz CT molecular complexity index is 920. The minimum atomic E-state index is -0.118. The number of nitrogens with one attached hydrogen (secondary N) is 2. The van der Waals surface area contributed by atoms with Gasteiger partial charge in [-0.2, -0.15) is 10.2 Å². The lowest BCUT2D eigenvalue weighted by atomic mass is 9.97. The van der Waals surface area contributed by atoms with E-state index in [0.717, 1.165) is 30.3 Å². The normalized spacial score (nSPS) is 17.0. The molecule has 0 radical (unpaired) electrons. The number of para-hydroxylation sites is 1. The molecule has 1 aliphatic heterocycles. The molecule has 7 nitrogen and oxygen atoms in total. The fraction of sp³-hybridized carbons (Fsp3) is 0.300. The Hall–Kier alpha value is -3.22. The van der Waals surface area contributed by atoms with Crippen LogP contribution in [-0.2, 0) is 0 Å². The number of benzene rings is 1. The predicted molar refractivity (Wildman–Crippen MR) is 101 cm³/mol. The van der Waals surface area contributed by atoms with Gasteiger partial charge in [0.05, 0.1) is 18.0 Å². The van der Waals surface area contributed by atoms with E-state index in [0.29, 0.717) is 24.3 Å². The monoisotopic (exact) mass is 363 g/mol. The summed E-state index contributed by atoms with van der Waals surface area (Å²) in [4.78, 5) is 30.0. The molecule has 1 aliphatic rings. The first-order valence-electron chi connectivity index (χ1n) is 9.12. The van der Waals surface area contributed by atoms with Crippen molar-refractivity contribution >= 4 is 22.7 Å². The molecule has 2 aromatic heterocycles. The highest BCUT2D eigenvalue weighted by atomic mass is 16.2. The van der Waals surface area contributed by atoms with Crippen LogP contribution in [0.15, 0.2) is 48.8 Å². The summed E-state index contributed by atoms with van der Waals surface area (Å²) in [5, 5.41) is 11.5. The first-order chi connectivity index (χ1) is 13.2. The maximum Gasteiger partial charge on any atom is 0.267 e. The summed E-state index contributed by atoms with van der Waals surface area (Å²) in [7, 11) is 0. The zero-order valence-electron chi connectivity index (χ0n) is 14.9. The third-order valence-corrected chi connectivity index (χ3v) is 4.96. The number of aromatic nitrogens is 3. The molecule has 2 amide bonds. The van der Waals surface area contributed by atoms with E-state index in [1.807, 2.05) is 35.2 Å². The molecule has 0 saturated carbocycles. The van der Waals surface area contributed by atoms with Crippen molar-refractivity contribution in [3.8, 4) is 0 Å². The van der Waals surface area contributed by atoms with Crippen LogP contribution in [0.5, 0.6) is 0 Å². The number of hydrogen-bond acceptors (Lipinski definition) is 4. The fourth-order valence-electron chi connectivity index (χ4n) is 3.54. The summed E-state index contributed by atoms with van der Waals surface area (Å²) in [6.07, 6.45) is 4.93. The summed E-state index contributed by atoms with van der Waals surface area (Å²) < 4.78 is 0. The first-order valence-corrected chi connectivity index (χ1v) is 9.12. The molecule has 27 heavy (non-hydrogen) atoms. The highest BCUT2D eigenvalue weighted by molar-refractivity contribution is 5.98. The topological polar surface area (TPSA) is 91.0 Å². The maximum absolute atomic E-state index is 12.6. The van der Waals surface area contributed by atoms with Crippen LogP contribution in [0.3, 0.4) is 0 Å². The molecule has 2 N–H and O–H groups in total. The smallest absolute Gasteiger partial charge is 0.267 e. The van der Waals surface area contributed by atoms with Gasteiger partial charge >= 0.3 is 0 Å². The van der Waals surface area contributed by atoms with E-state index in [1.54, 1.807) is 6.07 Å². The Morgan fingerprint density at radius 1 is 1.22 bits per heavy atom. The quantitative estimate of drug-likeness (QED) is 0.744. The van der Waals surface area contributed by atoms with Crippen molar-refractivity contribution in [2.75, 3.05) is 19.6 Å². The van der Waals surface area contributed by atoms with Crippen molar-refractivity contribution in [1.29, 1.82) is 0 Å². The molecule has 7 heteroatoms. The molecule has 3 aromatic rings. The van der Waals surface area contributed by atoms with Crippen LogP contribution >= 0.6 is 0 Å². The number of piperidine rings is 1. The molecule has 0 bridgehead atoms. The molecule has 0 aliphatic carbocycles. The predicted octanol–water partition coefficient (Wildman–Crippen LogP) is 2.24. The van der Waals surface area contributed by atoms with E-state index in [1.165, 1.54) is 12.4 Å². The van der Waals surface area contributed by atoms with Crippen LogP contribution in [0.4, 0.5) is 0 Å². The van der Waals surface area contributed by atoms with E-state index in [-0.39, 0.29) is 17.7 Å². The molecule has 4 rings (SSSR count). The average Bonchev–Trinajstić information content (AvgIpc) is 3.17. The molecular formula is C20H21N5O2. The van der Waals surface area contributed by atoms with Crippen LogP contribution in [0, 0.1) is 5.92 Å². The molecule has 1 fully saturated rings. The van der Waals surface area contributed by atoms with Gasteiger partial charge in [-0.3, -0.25) is 9.59 Å². The van der Waals surface area contributed by atoms with Gasteiger partial charge in [0.1, 0.15) is 5.69 Å². The van der Waals surface area contributed by atoms with E-state index >= 15 is 0 Å². The molecule has 138 valence electrons. The summed E-state index contributed by atoms with van der Waals surface area (Å²) in [5.74, 6) is 0.0929. The first kappa shape index (κ1) is 17.2. The van der Waals surface area contributed by atoms with Crippen molar-refractivity contribution in [3.05, 3.63) is 60.0 Å². The van der Waals surface area contributed by atoms with Gasteiger partial charge in [-0.1, -0.05) is 18.2 Å². The average molecular weight is 363 g/mol. The Kier molecular flexibility index (Phi) is 4.82. The van der Waals surface area contributed by atoms with E-state index in [2.05, 4.69) is 20.5 Å². The van der Waals surface area contributed by atoms with Crippen molar-refractivity contribution < 1.29 is 9.59 Å². The second kappa shape index (κ2) is 7.57. The highest BCUT2D eigenvalue weighted by Gasteiger charge is 2.25. The lowest BCUT2D eigenvalue weighted by Gasteiger charge is -2.32. The number of H-pyrrole nitrogens is 1. The van der Waals surface area contributed by atoms with Crippen molar-refractivity contribution in [2.45, 2.75) is 12.8 Å². The summed E-state index contributed by atoms with van der Waals surface area (Å²) >= 11 is 0. The lowest BCUT2D eigenvalue weighted by Crippen LogP contribution is -2.43. The van der Waals surface area contributed by atoms with Gasteiger partial charge < -0.3 is 15.2 Å². The second-order valence-corrected chi connectivity index (χ2v) is 6.87. The number of carbonyl (C=O) groups is 2. The van der Waals surface area contributed by atoms with Gasteiger partial charge in [-0.05, 0) is 37.0 Å². The number of hydrogen-bond donors (Lipinski definition) is 2. The van der Waals surface area contributed by atoms with Gasteiger partial charge in [-0.25, -0.2) is 0 Å². The largest absolute Gasteiger partial charge is 0.351 e. The Morgan fingerprint density at radius 3 is 2.93 bits per heavy atom. The molecule has 0 unspecified atom stereocenters. The summed E-state index contributed by atoms with van der Waals surface area (Å²) in [5.41, 5.74) is 2.05. The molecule has 3 heterocycles. The molecular weight excluding hydrogens is 342 g/mol. The number of amides is 2. The number of fused-ring (bicyclic) bond motifs is 1. The minimum absolute atomic E-state index is 0.0310. The van der Waals surface area contributed by atoms with Crippen molar-refractivity contribution in [1.82, 2.24) is 25.4 Å². The standard InChI is InChI=1S/C20H21N5O2/c26-19(18-10-15-5-1-2-6-17(15)24-18)21-11-14-4-3-9-25(13-14)20(27)16-7-8-22-23-12-16/h1-2,5-8,10,12,14,24H,3-4,9,11,13H2,(H,21,26)/t14-/m1/s1. The number of likely N-dealkylation sites (tertiary alicyclic amines) is 1. The number of nitrogens with zero attached hydrogens (tertiary/aromatic N) is 3. The second-order valence-electron chi connectivity index (χ2n) is 6.87. The van der Waals surface area contributed by atoms with Gasteiger partial charge in [0.2, 0.25) is 0 Å². The van der Waals surface area contributed by atoms with Crippen LogP contribution in [0.2, 0.25) is 0 Å². The van der Waals surface area contributed by atoms with Crippen LogP contribution < -0.4 is 5.32 Å². The lowest BCUT2D eigenvalue weighted by molar-refractivity contribution is 0.0670. The van der Waals surface area contributed by atoms with E-state index in [4.69, 9.17) is 0 Å². The third-order valence-electron chi connectivity index (χ3n) is 4.96. The van der Waals surface area contributed by atoms with Gasteiger partial charge in [0.15, 0.2) is 0 Å². The molecule has 0 spiro atoms. The molecule has 1 aromatic carbocycles. The zero-order chi connectivity index (χ0) is 18.6. The third kappa shape index (κ3) is 3.81. The molecule has 1 saturated heterocycles. The Morgan fingerprint density at radius 2 is 2.11 bits per heavy atom. The van der Waals surface area contributed by atoms with Crippen LogP contribution in [-0.4, -0.2) is 51.5 Å². The van der Waals surface area contributed by atoms with E-state index in [9.17, 15) is 9.59 Å².